The summed E-state index contributed by atoms with van der Waals surface area (Å²) >= 11 is 0. The number of fused-ring (bicyclic) bond motifs is 4. The number of hydrogen-bond acceptors (Lipinski definition) is 4. The Kier molecular flexibility index (Phi) is 5.79. The van der Waals surface area contributed by atoms with Crippen LogP contribution in [0.3, 0.4) is 0 Å². The van der Waals surface area contributed by atoms with Crippen LogP contribution < -0.4 is 9.80 Å². The monoisotopic (exact) mass is 570 g/mol. The second-order valence-corrected chi connectivity index (χ2v) is 12.8. The smallest absolute Gasteiger partial charge is 0.237 e. The average Bonchev–Trinajstić information content (AvgIpc) is 3.06. The number of nitrogens with zero attached hydrogens (tertiary/aromatic N) is 4. The number of hydrogen-bond donors (Lipinski definition) is 0. The van der Waals surface area contributed by atoms with Crippen LogP contribution in [0.4, 0.5) is 34.5 Å². The van der Waals surface area contributed by atoms with E-state index in [0.717, 1.165) is 39.8 Å². The molecule has 5 aromatic carbocycles. The first kappa shape index (κ1) is 26.4. The van der Waals surface area contributed by atoms with E-state index in [1.54, 1.807) is 0 Å². The zero-order valence-electron chi connectivity index (χ0n) is 25.5. The largest absolute Gasteiger partial charge is 0.294 e. The van der Waals surface area contributed by atoms with Gasteiger partial charge in [0.2, 0.25) is 5.95 Å². The van der Waals surface area contributed by atoms with E-state index in [1.165, 1.54) is 22.3 Å². The topological polar surface area (TPSA) is 32.3 Å². The second kappa shape index (κ2) is 9.65. The summed E-state index contributed by atoms with van der Waals surface area (Å²) in [6, 6.07) is 47.3. The van der Waals surface area contributed by atoms with E-state index in [-0.39, 0.29) is 10.8 Å². The lowest BCUT2D eigenvalue weighted by Crippen LogP contribution is -2.32. The Morgan fingerprint density at radius 1 is 0.432 bits per heavy atom. The molecular formula is C40H34N4. The Labute approximate surface area is 259 Å². The van der Waals surface area contributed by atoms with E-state index in [0.29, 0.717) is 5.95 Å². The molecule has 8 rings (SSSR count). The van der Waals surface area contributed by atoms with Gasteiger partial charge in [-0.1, -0.05) is 131 Å². The number of rotatable bonds is 3. The Morgan fingerprint density at radius 3 is 1.27 bits per heavy atom. The lowest BCUT2D eigenvalue weighted by atomic mass is 9.73. The Hall–Kier alpha value is -5.22. The van der Waals surface area contributed by atoms with E-state index in [4.69, 9.17) is 9.97 Å². The number of anilines is 6. The maximum atomic E-state index is 5.44. The molecule has 214 valence electrons. The molecule has 0 aliphatic carbocycles. The summed E-state index contributed by atoms with van der Waals surface area (Å²) in [7, 11) is 0. The summed E-state index contributed by atoms with van der Waals surface area (Å²) in [4.78, 5) is 15.3. The SMILES string of the molecule is CC1(C)c2ccccc2N(c2cc(-c3ccccc3)nc(N3c4ccccc4C(C)(C)c4ccccc43)n2)c2ccccc21. The van der Waals surface area contributed by atoms with Gasteiger partial charge in [0.25, 0.3) is 0 Å². The van der Waals surface area contributed by atoms with E-state index in [1.807, 2.05) is 6.07 Å². The highest BCUT2D eigenvalue weighted by Crippen LogP contribution is 2.54. The fourth-order valence-electron chi connectivity index (χ4n) is 7.19. The van der Waals surface area contributed by atoms with Crippen molar-refractivity contribution in [3.63, 3.8) is 0 Å². The van der Waals surface area contributed by atoms with Gasteiger partial charge in [0, 0.05) is 22.5 Å². The second-order valence-electron chi connectivity index (χ2n) is 12.8. The molecule has 0 atom stereocenters. The van der Waals surface area contributed by atoms with Crippen LogP contribution in [0, 0.1) is 0 Å². The van der Waals surface area contributed by atoms with Crippen molar-refractivity contribution in [1.29, 1.82) is 0 Å². The molecule has 0 saturated carbocycles. The van der Waals surface area contributed by atoms with Crippen LogP contribution in [-0.2, 0) is 10.8 Å². The predicted molar refractivity (Wildman–Crippen MR) is 181 cm³/mol. The first-order valence-corrected chi connectivity index (χ1v) is 15.3. The van der Waals surface area contributed by atoms with Gasteiger partial charge in [0.1, 0.15) is 5.82 Å². The van der Waals surface area contributed by atoms with E-state index in [9.17, 15) is 0 Å². The van der Waals surface area contributed by atoms with Crippen molar-refractivity contribution in [1.82, 2.24) is 9.97 Å². The Balaban J connectivity index is 1.43. The quantitative estimate of drug-likeness (QED) is 0.212. The van der Waals surface area contributed by atoms with Crippen molar-refractivity contribution >= 4 is 34.5 Å². The summed E-state index contributed by atoms with van der Waals surface area (Å²) in [5.41, 5.74) is 11.2. The molecule has 2 aliphatic heterocycles. The molecule has 0 amide bonds. The minimum Gasteiger partial charge on any atom is -0.294 e. The standard InChI is InChI=1S/C40H34N4/c1-39(2)28-18-8-12-22-33(28)43(34-23-13-9-19-29(34)39)37-26-32(27-16-6-5-7-17-27)41-38(42-37)44-35-24-14-10-20-30(35)40(3,4)31-21-11-15-25-36(31)44/h5-26H,1-4H3. The molecule has 0 bridgehead atoms. The third-order valence-corrected chi connectivity index (χ3v) is 9.47. The van der Waals surface area contributed by atoms with Crippen LogP contribution in [0.5, 0.6) is 0 Å². The third kappa shape index (κ3) is 3.84. The van der Waals surface area contributed by atoms with E-state index in [2.05, 4.69) is 165 Å². The fourth-order valence-corrected chi connectivity index (χ4v) is 7.19. The van der Waals surface area contributed by atoms with Gasteiger partial charge in [-0.15, -0.1) is 0 Å². The van der Waals surface area contributed by atoms with Crippen molar-refractivity contribution in [2.45, 2.75) is 38.5 Å². The molecule has 0 saturated heterocycles. The van der Waals surface area contributed by atoms with Gasteiger partial charge in [0.05, 0.1) is 28.4 Å². The molecule has 2 aliphatic rings. The van der Waals surface area contributed by atoms with Gasteiger partial charge < -0.3 is 0 Å². The Morgan fingerprint density at radius 2 is 0.818 bits per heavy atom. The first-order valence-electron chi connectivity index (χ1n) is 15.3. The van der Waals surface area contributed by atoms with E-state index < -0.39 is 0 Å². The summed E-state index contributed by atoms with van der Waals surface area (Å²) in [5, 5.41) is 0. The average molecular weight is 571 g/mol. The first-order chi connectivity index (χ1) is 21.4. The molecule has 44 heavy (non-hydrogen) atoms. The molecular weight excluding hydrogens is 536 g/mol. The number of aromatic nitrogens is 2. The van der Waals surface area contributed by atoms with Crippen LogP contribution in [0.1, 0.15) is 49.9 Å². The molecule has 0 fully saturated rings. The molecule has 0 unspecified atom stereocenters. The van der Waals surface area contributed by atoms with Crippen LogP contribution in [0.25, 0.3) is 11.3 Å². The zero-order valence-corrected chi connectivity index (χ0v) is 25.5. The van der Waals surface area contributed by atoms with Gasteiger partial charge in [-0.05, 0) is 46.5 Å². The minimum absolute atomic E-state index is 0.155. The van der Waals surface area contributed by atoms with Crippen LogP contribution in [0.2, 0.25) is 0 Å². The molecule has 4 heteroatoms. The molecule has 6 aromatic rings. The summed E-state index contributed by atoms with van der Waals surface area (Å²) < 4.78 is 0. The van der Waals surface area contributed by atoms with Crippen LogP contribution in [0.15, 0.2) is 133 Å². The molecule has 1 aromatic heterocycles. The fraction of sp³-hybridized carbons (Fsp3) is 0.150. The summed E-state index contributed by atoms with van der Waals surface area (Å²) in [6.07, 6.45) is 0. The van der Waals surface area contributed by atoms with Gasteiger partial charge in [-0.2, -0.15) is 4.98 Å². The van der Waals surface area contributed by atoms with Crippen LogP contribution >= 0.6 is 0 Å². The van der Waals surface area contributed by atoms with Crippen molar-refractivity contribution in [2.24, 2.45) is 0 Å². The highest BCUT2D eigenvalue weighted by atomic mass is 15.3. The predicted octanol–water partition coefficient (Wildman–Crippen LogP) is 10.4. The maximum Gasteiger partial charge on any atom is 0.237 e. The molecule has 0 N–H and O–H groups in total. The van der Waals surface area contributed by atoms with E-state index >= 15 is 0 Å². The summed E-state index contributed by atoms with van der Waals surface area (Å²) in [5.74, 6) is 1.49. The minimum atomic E-state index is -0.167. The normalized spacial score (nSPS) is 15.5. The van der Waals surface area contributed by atoms with Crippen LogP contribution in [-0.4, -0.2) is 9.97 Å². The third-order valence-electron chi connectivity index (χ3n) is 9.47. The molecule has 3 heterocycles. The van der Waals surface area contributed by atoms with Crippen molar-refractivity contribution < 1.29 is 0 Å². The Bertz CT molecular complexity index is 1820. The number of benzene rings is 5. The summed E-state index contributed by atoms with van der Waals surface area (Å²) in [6.45, 7) is 9.23. The maximum absolute atomic E-state index is 5.44. The van der Waals surface area contributed by atoms with Crippen molar-refractivity contribution in [3.05, 3.63) is 156 Å². The van der Waals surface area contributed by atoms with Crippen molar-refractivity contribution in [3.8, 4) is 11.3 Å². The van der Waals surface area contributed by atoms with Gasteiger partial charge in [-0.3, -0.25) is 9.80 Å². The van der Waals surface area contributed by atoms with Gasteiger partial charge in [0.15, 0.2) is 0 Å². The molecule has 0 radical (unpaired) electrons. The highest BCUT2D eigenvalue weighted by Gasteiger charge is 2.39. The zero-order chi connectivity index (χ0) is 30.1. The van der Waals surface area contributed by atoms with Crippen molar-refractivity contribution in [2.75, 3.05) is 9.80 Å². The number of para-hydroxylation sites is 4. The highest BCUT2D eigenvalue weighted by molar-refractivity contribution is 5.88. The molecule has 0 spiro atoms. The lowest BCUT2D eigenvalue weighted by Gasteiger charge is -2.42. The lowest BCUT2D eigenvalue weighted by molar-refractivity contribution is 0.630. The van der Waals surface area contributed by atoms with Gasteiger partial charge in [-0.25, -0.2) is 4.98 Å². The van der Waals surface area contributed by atoms with Gasteiger partial charge >= 0.3 is 0 Å². The molecule has 4 nitrogen and oxygen atoms in total.